The Bertz CT molecular complexity index is 543. The molecule has 104 valence electrons. The van der Waals surface area contributed by atoms with Crippen molar-refractivity contribution in [2.24, 2.45) is 0 Å². The molecule has 0 aliphatic rings. The van der Waals surface area contributed by atoms with Crippen molar-refractivity contribution in [3.05, 3.63) is 65.7 Å². The van der Waals surface area contributed by atoms with Crippen molar-refractivity contribution < 1.29 is 4.79 Å². The maximum absolute atomic E-state index is 11.9. The van der Waals surface area contributed by atoms with Crippen LogP contribution in [0.1, 0.15) is 30.9 Å². The molecule has 0 bridgehead atoms. The van der Waals surface area contributed by atoms with Gasteiger partial charge in [0.15, 0.2) is 5.78 Å². The molecule has 20 heavy (non-hydrogen) atoms. The number of hydrogen-bond donors (Lipinski definition) is 1. The van der Waals surface area contributed by atoms with E-state index in [9.17, 15) is 4.79 Å². The first-order valence-electron chi connectivity index (χ1n) is 7.04. The zero-order valence-electron chi connectivity index (χ0n) is 12.1. The van der Waals surface area contributed by atoms with Crippen LogP contribution >= 0.6 is 0 Å². The highest BCUT2D eigenvalue weighted by molar-refractivity contribution is 5.84. The van der Waals surface area contributed by atoms with Crippen molar-refractivity contribution in [1.29, 1.82) is 0 Å². The molecule has 2 heteroatoms. The fraction of sp³-hybridized carbons (Fsp3) is 0.278. The fourth-order valence-electron chi connectivity index (χ4n) is 2.07. The summed E-state index contributed by atoms with van der Waals surface area (Å²) in [7, 11) is 0. The number of carbonyl (C=O) groups excluding carboxylic acids is 1. The van der Waals surface area contributed by atoms with E-state index in [4.69, 9.17) is 0 Å². The van der Waals surface area contributed by atoms with E-state index in [0.717, 1.165) is 11.3 Å². The summed E-state index contributed by atoms with van der Waals surface area (Å²) in [6.07, 6.45) is 0.484. The lowest BCUT2D eigenvalue weighted by molar-refractivity contribution is -0.116. The van der Waals surface area contributed by atoms with Gasteiger partial charge in [-0.3, -0.25) is 4.79 Å². The Kier molecular flexibility index (Phi) is 4.94. The molecular formula is C18H21NO. The van der Waals surface area contributed by atoms with Crippen LogP contribution in [-0.2, 0) is 11.2 Å². The molecule has 2 nitrogen and oxygen atoms in total. The van der Waals surface area contributed by atoms with Gasteiger partial charge in [-0.1, -0.05) is 56.3 Å². The number of nitrogens with one attached hydrogen (secondary N) is 1. The SMILES string of the molecule is CC(C)c1ccc(CC(=O)CNc2ccccc2)cc1. The molecule has 0 aliphatic carbocycles. The van der Waals surface area contributed by atoms with Crippen molar-refractivity contribution in [2.75, 3.05) is 11.9 Å². The first-order valence-corrected chi connectivity index (χ1v) is 7.04. The lowest BCUT2D eigenvalue weighted by atomic mass is 10.00. The predicted molar refractivity (Wildman–Crippen MR) is 84.2 cm³/mol. The highest BCUT2D eigenvalue weighted by Crippen LogP contribution is 2.15. The summed E-state index contributed by atoms with van der Waals surface area (Å²) in [5.41, 5.74) is 3.37. The van der Waals surface area contributed by atoms with Crippen molar-refractivity contribution >= 4 is 11.5 Å². The van der Waals surface area contributed by atoms with Crippen LogP contribution in [0.3, 0.4) is 0 Å². The molecule has 2 aromatic rings. The van der Waals surface area contributed by atoms with Gasteiger partial charge in [-0.2, -0.15) is 0 Å². The van der Waals surface area contributed by atoms with Crippen molar-refractivity contribution in [3.8, 4) is 0 Å². The second kappa shape index (κ2) is 6.90. The van der Waals surface area contributed by atoms with Crippen LogP contribution in [-0.4, -0.2) is 12.3 Å². The predicted octanol–water partition coefficient (Wildman–Crippen LogP) is 4.03. The third-order valence-corrected chi connectivity index (χ3v) is 3.31. The first kappa shape index (κ1) is 14.3. The molecule has 0 radical (unpaired) electrons. The van der Waals surface area contributed by atoms with Gasteiger partial charge in [-0.15, -0.1) is 0 Å². The maximum atomic E-state index is 11.9. The van der Waals surface area contributed by atoms with E-state index in [1.807, 2.05) is 30.3 Å². The topological polar surface area (TPSA) is 29.1 Å². The van der Waals surface area contributed by atoms with E-state index >= 15 is 0 Å². The van der Waals surface area contributed by atoms with Gasteiger partial charge < -0.3 is 5.32 Å². The van der Waals surface area contributed by atoms with Crippen molar-refractivity contribution in [3.63, 3.8) is 0 Å². The second-order valence-electron chi connectivity index (χ2n) is 5.33. The number of carbonyl (C=O) groups is 1. The van der Waals surface area contributed by atoms with E-state index in [-0.39, 0.29) is 5.78 Å². The van der Waals surface area contributed by atoms with Gasteiger partial charge in [0.05, 0.1) is 6.54 Å². The zero-order chi connectivity index (χ0) is 14.4. The third kappa shape index (κ3) is 4.23. The van der Waals surface area contributed by atoms with Crippen LogP contribution in [0.4, 0.5) is 5.69 Å². The minimum Gasteiger partial charge on any atom is -0.378 e. The first-order chi connectivity index (χ1) is 9.65. The molecule has 0 atom stereocenters. The summed E-state index contributed by atoms with van der Waals surface area (Å²) in [5, 5.41) is 3.14. The molecule has 0 saturated heterocycles. The molecular weight excluding hydrogens is 246 g/mol. The Morgan fingerprint density at radius 1 is 1.00 bits per heavy atom. The lowest BCUT2D eigenvalue weighted by Crippen LogP contribution is -2.15. The molecule has 2 aromatic carbocycles. The summed E-state index contributed by atoms with van der Waals surface area (Å²) < 4.78 is 0. The van der Waals surface area contributed by atoms with Gasteiger partial charge in [-0.05, 0) is 29.2 Å². The fourth-order valence-corrected chi connectivity index (χ4v) is 2.07. The molecule has 1 N–H and O–H groups in total. The highest BCUT2D eigenvalue weighted by Gasteiger charge is 2.05. The molecule has 0 saturated carbocycles. The largest absolute Gasteiger partial charge is 0.378 e. The number of hydrogen-bond acceptors (Lipinski definition) is 2. The molecule has 0 aromatic heterocycles. The van der Waals surface area contributed by atoms with Gasteiger partial charge in [0.2, 0.25) is 0 Å². The normalized spacial score (nSPS) is 10.6. The van der Waals surface area contributed by atoms with Crippen LogP contribution in [0.15, 0.2) is 54.6 Å². The molecule has 0 unspecified atom stereocenters. The lowest BCUT2D eigenvalue weighted by Gasteiger charge is -2.08. The van der Waals surface area contributed by atoms with E-state index in [1.54, 1.807) is 0 Å². The van der Waals surface area contributed by atoms with Crippen LogP contribution in [0.25, 0.3) is 0 Å². The molecule has 0 heterocycles. The Morgan fingerprint density at radius 3 is 2.25 bits per heavy atom. The van der Waals surface area contributed by atoms with Gasteiger partial charge >= 0.3 is 0 Å². The smallest absolute Gasteiger partial charge is 0.156 e. The number of ketones is 1. The second-order valence-corrected chi connectivity index (χ2v) is 5.33. The summed E-state index contributed by atoms with van der Waals surface area (Å²) >= 11 is 0. The molecule has 0 fully saturated rings. The third-order valence-electron chi connectivity index (χ3n) is 3.31. The highest BCUT2D eigenvalue weighted by atomic mass is 16.1. The number of anilines is 1. The van der Waals surface area contributed by atoms with Gasteiger partial charge in [0.1, 0.15) is 0 Å². The molecule has 0 amide bonds. The minimum atomic E-state index is 0.200. The average Bonchev–Trinajstić information content (AvgIpc) is 2.47. The Labute approximate surface area is 120 Å². The maximum Gasteiger partial charge on any atom is 0.156 e. The summed E-state index contributed by atoms with van der Waals surface area (Å²) in [4.78, 5) is 11.9. The summed E-state index contributed by atoms with van der Waals surface area (Å²) in [6.45, 7) is 4.71. The Hall–Kier alpha value is -2.09. The molecule has 0 aliphatic heterocycles. The molecule has 0 spiro atoms. The van der Waals surface area contributed by atoms with E-state index in [0.29, 0.717) is 18.9 Å². The monoisotopic (exact) mass is 267 g/mol. The number of benzene rings is 2. The van der Waals surface area contributed by atoms with E-state index in [1.165, 1.54) is 5.56 Å². The summed E-state index contributed by atoms with van der Waals surface area (Å²) in [6, 6.07) is 18.1. The van der Waals surface area contributed by atoms with Crippen LogP contribution in [0.5, 0.6) is 0 Å². The van der Waals surface area contributed by atoms with Gasteiger partial charge in [0, 0.05) is 12.1 Å². The zero-order valence-corrected chi connectivity index (χ0v) is 12.1. The Balaban J connectivity index is 1.85. The van der Waals surface area contributed by atoms with Crippen LogP contribution < -0.4 is 5.32 Å². The van der Waals surface area contributed by atoms with Crippen molar-refractivity contribution in [2.45, 2.75) is 26.2 Å². The van der Waals surface area contributed by atoms with E-state index in [2.05, 4.69) is 43.4 Å². The standard InChI is InChI=1S/C18H21NO/c1-14(2)16-10-8-15(9-11-16)12-18(20)13-19-17-6-4-3-5-7-17/h3-11,14,19H,12-13H2,1-2H3. The average molecular weight is 267 g/mol. The van der Waals surface area contributed by atoms with Crippen LogP contribution in [0, 0.1) is 0 Å². The van der Waals surface area contributed by atoms with Gasteiger partial charge in [-0.25, -0.2) is 0 Å². The van der Waals surface area contributed by atoms with Crippen molar-refractivity contribution in [1.82, 2.24) is 0 Å². The number of para-hydroxylation sites is 1. The summed E-state index contributed by atoms with van der Waals surface area (Å²) in [5.74, 6) is 0.727. The van der Waals surface area contributed by atoms with Crippen LogP contribution in [0.2, 0.25) is 0 Å². The minimum absolute atomic E-state index is 0.200. The quantitative estimate of drug-likeness (QED) is 0.856. The van der Waals surface area contributed by atoms with E-state index < -0.39 is 0 Å². The van der Waals surface area contributed by atoms with Gasteiger partial charge in [0.25, 0.3) is 0 Å². The Morgan fingerprint density at radius 2 is 1.65 bits per heavy atom. The number of rotatable bonds is 6. The molecule has 2 rings (SSSR count). The number of Topliss-reactive ketones (excluding diaryl/α,β-unsaturated/α-hetero) is 1.